The van der Waals surface area contributed by atoms with Crippen molar-refractivity contribution in [2.45, 2.75) is 12.1 Å². The summed E-state index contributed by atoms with van der Waals surface area (Å²) in [4.78, 5) is 26.6. The Morgan fingerprint density at radius 3 is 2.45 bits per heavy atom. The molecule has 0 radical (unpaired) electrons. The van der Waals surface area contributed by atoms with E-state index in [0.29, 0.717) is 34.0 Å². The van der Waals surface area contributed by atoms with Crippen molar-refractivity contribution in [1.82, 2.24) is 15.2 Å². The molecule has 1 heterocycles. The number of nitrogens with zero attached hydrogens (tertiary/aromatic N) is 3. The van der Waals surface area contributed by atoms with Gasteiger partial charge in [-0.15, -0.1) is 5.10 Å². The Bertz CT molecular complexity index is 1150. The van der Waals surface area contributed by atoms with Crippen LogP contribution in [0.25, 0.3) is 17.5 Å². The molecule has 160 valence electrons. The molecule has 0 aliphatic carbocycles. The first-order valence-corrected chi connectivity index (χ1v) is 9.66. The van der Waals surface area contributed by atoms with Gasteiger partial charge >= 0.3 is 5.97 Å². The van der Waals surface area contributed by atoms with Gasteiger partial charge in [0, 0.05) is 23.3 Å². The maximum absolute atomic E-state index is 11.7. The molecule has 3 aromatic rings. The number of aliphatic carboxylic acids is 1. The third kappa shape index (κ3) is 5.20. The van der Waals surface area contributed by atoms with Crippen molar-refractivity contribution in [3.8, 4) is 22.9 Å². The molecule has 0 amide bonds. The standard InChI is InChI=1S/C20H18N4O6S/c1-11-4-5-12(6-16(11)24(27)28)7-17(19(25)26)31-20-21-18(22-23-20)13-8-14(29-2)10-15(9-13)30-3/h4-10H,1-3H3,(H,25,26)(H,21,22,23)/b17-7+. The first-order chi connectivity index (χ1) is 14.8. The number of nitrogens with one attached hydrogen (secondary N) is 1. The van der Waals surface area contributed by atoms with E-state index in [4.69, 9.17) is 9.47 Å². The lowest BCUT2D eigenvalue weighted by atomic mass is 10.1. The van der Waals surface area contributed by atoms with Gasteiger partial charge in [0.05, 0.1) is 19.1 Å². The van der Waals surface area contributed by atoms with Gasteiger partial charge in [-0.1, -0.05) is 12.1 Å². The van der Waals surface area contributed by atoms with E-state index in [1.807, 2.05) is 0 Å². The number of ether oxygens (including phenoxy) is 2. The number of benzene rings is 2. The Balaban J connectivity index is 1.90. The van der Waals surface area contributed by atoms with E-state index < -0.39 is 10.9 Å². The zero-order chi connectivity index (χ0) is 22.5. The Hall–Kier alpha value is -3.86. The Morgan fingerprint density at radius 2 is 1.87 bits per heavy atom. The van der Waals surface area contributed by atoms with Crippen LogP contribution in [0.3, 0.4) is 0 Å². The Labute approximate surface area is 181 Å². The van der Waals surface area contributed by atoms with Crippen LogP contribution in [-0.4, -0.2) is 45.4 Å². The number of thioether (sulfide) groups is 1. The lowest BCUT2D eigenvalue weighted by Crippen LogP contribution is -1.98. The van der Waals surface area contributed by atoms with Crippen LogP contribution in [0.2, 0.25) is 0 Å². The number of H-pyrrole nitrogens is 1. The van der Waals surface area contributed by atoms with Crippen LogP contribution in [-0.2, 0) is 4.79 Å². The molecule has 2 aromatic carbocycles. The quantitative estimate of drug-likeness (QED) is 0.230. The van der Waals surface area contributed by atoms with Crippen LogP contribution in [0.5, 0.6) is 11.5 Å². The van der Waals surface area contributed by atoms with Gasteiger partial charge in [-0.05, 0) is 42.5 Å². The number of methoxy groups -OCH3 is 2. The molecule has 0 bridgehead atoms. The van der Waals surface area contributed by atoms with Gasteiger partial charge in [-0.25, -0.2) is 9.78 Å². The highest BCUT2D eigenvalue weighted by Crippen LogP contribution is 2.31. The number of rotatable bonds is 8. The zero-order valence-corrected chi connectivity index (χ0v) is 17.6. The molecular formula is C20H18N4O6S. The molecule has 0 atom stereocenters. The van der Waals surface area contributed by atoms with E-state index in [0.717, 1.165) is 11.8 Å². The van der Waals surface area contributed by atoms with E-state index >= 15 is 0 Å². The van der Waals surface area contributed by atoms with Gasteiger partial charge in [-0.3, -0.25) is 15.2 Å². The monoisotopic (exact) mass is 442 g/mol. The van der Waals surface area contributed by atoms with Crippen molar-refractivity contribution in [3.63, 3.8) is 0 Å². The molecule has 0 aliphatic rings. The summed E-state index contributed by atoms with van der Waals surface area (Å²) < 4.78 is 10.5. The van der Waals surface area contributed by atoms with E-state index in [1.54, 1.807) is 37.3 Å². The highest BCUT2D eigenvalue weighted by Gasteiger charge is 2.17. The average molecular weight is 442 g/mol. The maximum atomic E-state index is 11.7. The van der Waals surface area contributed by atoms with Crippen molar-refractivity contribution < 1.29 is 24.3 Å². The third-order valence-electron chi connectivity index (χ3n) is 4.23. The fourth-order valence-electron chi connectivity index (χ4n) is 2.66. The van der Waals surface area contributed by atoms with Crippen molar-refractivity contribution in [2.75, 3.05) is 14.2 Å². The molecule has 3 rings (SSSR count). The minimum absolute atomic E-state index is 0.0874. The summed E-state index contributed by atoms with van der Waals surface area (Å²) in [5.41, 5.74) is 1.43. The Kier molecular flexibility index (Phi) is 6.55. The first kappa shape index (κ1) is 21.8. The number of aryl methyl sites for hydroxylation is 1. The van der Waals surface area contributed by atoms with Crippen molar-refractivity contribution in [1.29, 1.82) is 0 Å². The van der Waals surface area contributed by atoms with Gasteiger partial charge in [0.2, 0.25) is 5.16 Å². The van der Waals surface area contributed by atoms with Crippen molar-refractivity contribution >= 4 is 29.5 Å². The summed E-state index contributed by atoms with van der Waals surface area (Å²) >= 11 is 0.821. The number of carboxylic acid groups (broad SMARTS) is 1. The summed E-state index contributed by atoms with van der Waals surface area (Å²) in [6, 6.07) is 9.67. The van der Waals surface area contributed by atoms with Crippen molar-refractivity contribution in [2.24, 2.45) is 0 Å². The van der Waals surface area contributed by atoms with Crippen molar-refractivity contribution in [3.05, 3.63) is 62.5 Å². The number of hydrogen-bond acceptors (Lipinski definition) is 8. The number of carboxylic acids is 1. The van der Waals surface area contributed by atoms with E-state index in [2.05, 4.69) is 15.2 Å². The van der Waals surface area contributed by atoms with Crippen LogP contribution in [0.1, 0.15) is 11.1 Å². The second kappa shape index (κ2) is 9.30. The molecule has 31 heavy (non-hydrogen) atoms. The zero-order valence-electron chi connectivity index (χ0n) is 16.8. The predicted molar refractivity (Wildman–Crippen MR) is 114 cm³/mol. The lowest BCUT2D eigenvalue weighted by Gasteiger charge is -2.06. The fraction of sp³-hybridized carbons (Fsp3) is 0.150. The largest absolute Gasteiger partial charge is 0.497 e. The van der Waals surface area contributed by atoms with Gasteiger partial charge in [0.25, 0.3) is 5.69 Å². The molecule has 2 N–H and O–H groups in total. The van der Waals surface area contributed by atoms with Crippen LogP contribution in [0.15, 0.2) is 46.5 Å². The third-order valence-corrected chi connectivity index (χ3v) is 5.11. The summed E-state index contributed by atoms with van der Waals surface area (Å²) in [5, 5.41) is 27.7. The second-order valence-corrected chi connectivity index (χ2v) is 7.30. The molecule has 1 aromatic heterocycles. The maximum Gasteiger partial charge on any atom is 0.342 e. The summed E-state index contributed by atoms with van der Waals surface area (Å²) in [5.74, 6) is 0.317. The smallest absolute Gasteiger partial charge is 0.342 e. The number of aromatic amines is 1. The van der Waals surface area contributed by atoms with Crippen LogP contribution in [0, 0.1) is 17.0 Å². The van der Waals surface area contributed by atoms with E-state index in [9.17, 15) is 20.0 Å². The molecule has 0 saturated heterocycles. The predicted octanol–water partition coefficient (Wildman–Crippen LogP) is 3.92. The molecule has 11 heteroatoms. The number of nitro groups is 1. The van der Waals surface area contributed by atoms with Gasteiger partial charge in [0.15, 0.2) is 5.82 Å². The average Bonchev–Trinajstić information content (AvgIpc) is 3.22. The van der Waals surface area contributed by atoms with E-state index in [1.165, 1.54) is 26.4 Å². The van der Waals surface area contributed by atoms with E-state index in [-0.39, 0.29) is 15.7 Å². The lowest BCUT2D eigenvalue weighted by molar-refractivity contribution is -0.385. The molecular weight excluding hydrogens is 424 g/mol. The minimum Gasteiger partial charge on any atom is -0.497 e. The Morgan fingerprint density at radius 1 is 1.19 bits per heavy atom. The van der Waals surface area contributed by atoms with Crippen LogP contribution >= 0.6 is 11.8 Å². The second-order valence-electron chi connectivity index (χ2n) is 6.29. The summed E-state index contributed by atoms with van der Waals surface area (Å²) in [7, 11) is 3.05. The van der Waals surface area contributed by atoms with Crippen LogP contribution in [0.4, 0.5) is 5.69 Å². The molecule has 0 saturated carbocycles. The van der Waals surface area contributed by atoms with Gasteiger partial charge in [0.1, 0.15) is 16.4 Å². The highest BCUT2D eigenvalue weighted by molar-refractivity contribution is 8.04. The minimum atomic E-state index is -1.21. The first-order valence-electron chi connectivity index (χ1n) is 8.84. The number of carbonyl (C=O) groups is 1. The summed E-state index contributed by atoms with van der Waals surface area (Å²) in [6.07, 6.45) is 1.34. The summed E-state index contributed by atoms with van der Waals surface area (Å²) in [6.45, 7) is 1.61. The number of nitro benzene ring substituents is 1. The normalized spacial score (nSPS) is 11.3. The highest BCUT2D eigenvalue weighted by atomic mass is 32.2. The number of hydrogen-bond donors (Lipinski definition) is 2. The van der Waals surface area contributed by atoms with Gasteiger partial charge in [-0.2, -0.15) is 0 Å². The van der Waals surface area contributed by atoms with Gasteiger partial charge < -0.3 is 14.6 Å². The fourth-order valence-corrected chi connectivity index (χ4v) is 3.37. The molecule has 0 unspecified atom stereocenters. The van der Waals surface area contributed by atoms with Crippen LogP contribution < -0.4 is 9.47 Å². The SMILES string of the molecule is COc1cc(OC)cc(-c2nc(S/C(=C/c3ccc(C)c([N+](=O)[O-])c3)C(=O)O)n[nH]2)c1. The topological polar surface area (TPSA) is 140 Å². The molecule has 10 nitrogen and oxygen atoms in total. The molecule has 0 spiro atoms. The molecule has 0 fully saturated rings. The number of aromatic nitrogens is 3. The molecule has 0 aliphatic heterocycles.